The highest BCUT2D eigenvalue weighted by Crippen LogP contribution is 2.11. The summed E-state index contributed by atoms with van der Waals surface area (Å²) in [6.07, 6.45) is 0. The van der Waals surface area contributed by atoms with Crippen molar-refractivity contribution < 1.29 is 9.53 Å². The SMILES string of the molecule is CCOC(=O)c1nc(N)ccc1N. The molecule has 0 saturated carbocycles. The number of aromatic nitrogens is 1. The van der Waals surface area contributed by atoms with Crippen molar-refractivity contribution in [3.63, 3.8) is 0 Å². The Morgan fingerprint density at radius 2 is 2.23 bits per heavy atom. The van der Waals surface area contributed by atoms with E-state index in [1.54, 1.807) is 6.92 Å². The van der Waals surface area contributed by atoms with Crippen LogP contribution in [0.3, 0.4) is 0 Å². The molecule has 13 heavy (non-hydrogen) atoms. The summed E-state index contributed by atoms with van der Waals surface area (Å²) in [6, 6.07) is 3.05. The quantitative estimate of drug-likeness (QED) is 0.645. The van der Waals surface area contributed by atoms with Crippen molar-refractivity contribution in [2.24, 2.45) is 0 Å². The van der Waals surface area contributed by atoms with E-state index in [0.29, 0.717) is 0 Å². The highest BCUT2D eigenvalue weighted by molar-refractivity contribution is 5.93. The largest absolute Gasteiger partial charge is 0.461 e. The average molecular weight is 181 g/mol. The van der Waals surface area contributed by atoms with Crippen LogP contribution in [0.25, 0.3) is 0 Å². The lowest BCUT2D eigenvalue weighted by molar-refractivity contribution is 0.0521. The molecule has 0 aliphatic carbocycles. The summed E-state index contributed by atoms with van der Waals surface area (Å²) in [5.41, 5.74) is 11.2. The molecular formula is C8H11N3O2. The van der Waals surface area contributed by atoms with E-state index in [1.807, 2.05) is 0 Å². The third-order valence-electron chi connectivity index (χ3n) is 1.42. The summed E-state index contributed by atoms with van der Waals surface area (Å²) in [7, 11) is 0. The van der Waals surface area contributed by atoms with Crippen LogP contribution >= 0.6 is 0 Å². The van der Waals surface area contributed by atoms with E-state index in [4.69, 9.17) is 16.2 Å². The molecule has 1 aromatic rings. The Kier molecular flexibility index (Phi) is 2.69. The van der Waals surface area contributed by atoms with E-state index in [1.165, 1.54) is 12.1 Å². The topological polar surface area (TPSA) is 91.2 Å². The zero-order valence-corrected chi connectivity index (χ0v) is 7.28. The first-order valence-corrected chi connectivity index (χ1v) is 3.84. The molecule has 0 amide bonds. The van der Waals surface area contributed by atoms with Crippen LogP contribution in [-0.2, 0) is 4.74 Å². The van der Waals surface area contributed by atoms with Gasteiger partial charge in [0.25, 0.3) is 0 Å². The number of hydrogen-bond donors (Lipinski definition) is 2. The predicted molar refractivity (Wildman–Crippen MR) is 49.0 cm³/mol. The van der Waals surface area contributed by atoms with Crippen molar-refractivity contribution >= 4 is 17.5 Å². The van der Waals surface area contributed by atoms with Crippen molar-refractivity contribution in [2.75, 3.05) is 18.1 Å². The molecular weight excluding hydrogens is 170 g/mol. The third kappa shape index (κ3) is 2.08. The van der Waals surface area contributed by atoms with Gasteiger partial charge in [-0.25, -0.2) is 9.78 Å². The van der Waals surface area contributed by atoms with Crippen LogP contribution in [-0.4, -0.2) is 17.6 Å². The Morgan fingerprint density at radius 1 is 1.54 bits per heavy atom. The van der Waals surface area contributed by atoms with Gasteiger partial charge in [-0.3, -0.25) is 0 Å². The molecule has 0 spiro atoms. The highest BCUT2D eigenvalue weighted by atomic mass is 16.5. The molecule has 5 nitrogen and oxygen atoms in total. The molecule has 0 radical (unpaired) electrons. The molecule has 1 rings (SSSR count). The van der Waals surface area contributed by atoms with Crippen LogP contribution < -0.4 is 11.5 Å². The average Bonchev–Trinajstić information content (AvgIpc) is 2.09. The van der Waals surface area contributed by atoms with Crippen LogP contribution in [0.15, 0.2) is 12.1 Å². The van der Waals surface area contributed by atoms with Crippen molar-refractivity contribution in [2.45, 2.75) is 6.92 Å². The lowest BCUT2D eigenvalue weighted by Crippen LogP contribution is -2.11. The number of hydrogen-bond acceptors (Lipinski definition) is 5. The van der Waals surface area contributed by atoms with E-state index in [9.17, 15) is 4.79 Å². The van der Waals surface area contributed by atoms with Gasteiger partial charge in [0.15, 0.2) is 5.69 Å². The minimum absolute atomic E-state index is 0.0712. The summed E-state index contributed by atoms with van der Waals surface area (Å²) in [4.78, 5) is 15.0. The van der Waals surface area contributed by atoms with Gasteiger partial charge in [0.1, 0.15) is 5.82 Å². The third-order valence-corrected chi connectivity index (χ3v) is 1.42. The predicted octanol–water partition coefficient (Wildman–Crippen LogP) is 0.423. The Hall–Kier alpha value is -1.78. The maximum Gasteiger partial charge on any atom is 0.359 e. The fourth-order valence-electron chi connectivity index (χ4n) is 0.848. The molecule has 0 bridgehead atoms. The summed E-state index contributed by atoms with van der Waals surface area (Å²) in [5.74, 6) is -0.301. The van der Waals surface area contributed by atoms with Gasteiger partial charge < -0.3 is 16.2 Å². The maximum absolute atomic E-state index is 11.2. The molecule has 4 N–H and O–H groups in total. The van der Waals surface area contributed by atoms with E-state index in [2.05, 4.69) is 4.98 Å². The van der Waals surface area contributed by atoms with Crippen molar-refractivity contribution in [1.29, 1.82) is 0 Å². The van der Waals surface area contributed by atoms with E-state index >= 15 is 0 Å². The van der Waals surface area contributed by atoms with Gasteiger partial charge in [-0.1, -0.05) is 0 Å². The monoisotopic (exact) mass is 181 g/mol. The summed E-state index contributed by atoms with van der Waals surface area (Å²) < 4.78 is 4.73. The highest BCUT2D eigenvalue weighted by Gasteiger charge is 2.12. The van der Waals surface area contributed by atoms with Crippen molar-refractivity contribution in [3.8, 4) is 0 Å². The molecule has 0 atom stereocenters. The summed E-state index contributed by atoms with van der Waals surface area (Å²) >= 11 is 0. The Labute approximate surface area is 75.7 Å². The number of rotatable bonds is 2. The number of nitrogens with zero attached hydrogens (tertiary/aromatic N) is 1. The second kappa shape index (κ2) is 3.75. The molecule has 70 valence electrons. The smallest absolute Gasteiger partial charge is 0.359 e. The first kappa shape index (κ1) is 9.31. The number of carbonyl (C=O) groups is 1. The van der Waals surface area contributed by atoms with Gasteiger partial charge in [0, 0.05) is 0 Å². The van der Waals surface area contributed by atoms with Gasteiger partial charge in [-0.05, 0) is 19.1 Å². The number of esters is 1. The first-order valence-electron chi connectivity index (χ1n) is 3.84. The van der Waals surface area contributed by atoms with Crippen molar-refractivity contribution in [3.05, 3.63) is 17.8 Å². The lowest BCUT2D eigenvalue weighted by Gasteiger charge is -2.04. The van der Waals surface area contributed by atoms with Gasteiger partial charge in [0.2, 0.25) is 0 Å². The summed E-state index contributed by atoms with van der Waals surface area (Å²) in [6.45, 7) is 2.00. The van der Waals surface area contributed by atoms with Gasteiger partial charge in [-0.2, -0.15) is 0 Å². The summed E-state index contributed by atoms with van der Waals surface area (Å²) in [5, 5.41) is 0. The molecule has 0 aliphatic heterocycles. The molecule has 5 heteroatoms. The normalized spacial score (nSPS) is 9.62. The maximum atomic E-state index is 11.2. The standard InChI is InChI=1S/C8H11N3O2/c1-2-13-8(12)7-5(9)3-4-6(10)11-7/h3-4H,2,9H2,1H3,(H2,10,11). The molecule has 0 aliphatic rings. The van der Waals surface area contributed by atoms with E-state index in [-0.39, 0.29) is 23.8 Å². The second-order valence-corrected chi connectivity index (χ2v) is 2.39. The lowest BCUT2D eigenvalue weighted by atomic mass is 10.3. The van der Waals surface area contributed by atoms with Crippen LogP contribution in [0.1, 0.15) is 17.4 Å². The Bertz CT molecular complexity index is 325. The van der Waals surface area contributed by atoms with Crippen LogP contribution in [0.5, 0.6) is 0 Å². The molecule has 1 aromatic heterocycles. The number of nitrogen functional groups attached to an aromatic ring is 2. The first-order chi connectivity index (χ1) is 6.15. The zero-order chi connectivity index (χ0) is 9.84. The Morgan fingerprint density at radius 3 is 2.85 bits per heavy atom. The van der Waals surface area contributed by atoms with Crippen LogP contribution in [0.4, 0.5) is 11.5 Å². The van der Waals surface area contributed by atoms with Gasteiger partial charge >= 0.3 is 5.97 Å². The second-order valence-electron chi connectivity index (χ2n) is 2.39. The number of ether oxygens (including phenoxy) is 1. The number of nitrogens with two attached hydrogens (primary N) is 2. The van der Waals surface area contributed by atoms with Gasteiger partial charge in [0.05, 0.1) is 12.3 Å². The molecule has 0 aromatic carbocycles. The molecule has 0 unspecified atom stereocenters. The number of carbonyl (C=O) groups excluding carboxylic acids is 1. The van der Waals surface area contributed by atoms with Gasteiger partial charge in [-0.15, -0.1) is 0 Å². The number of pyridine rings is 1. The number of anilines is 2. The van der Waals surface area contributed by atoms with Crippen molar-refractivity contribution in [1.82, 2.24) is 4.98 Å². The van der Waals surface area contributed by atoms with Crippen LogP contribution in [0, 0.1) is 0 Å². The fraction of sp³-hybridized carbons (Fsp3) is 0.250. The minimum atomic E-state index is -0.549. The molecule has 0 fully saturated rings. The van der Waals surface area contributed by atoms with E-state index in [0.717, 1.165) is 0 Å². The zero-order valence-electron chi connectivity index (χ0n) is 7.28. The molecule has 0 saturated heterocycles. The van der Waals surface area contributed by atoms with E-state index < -0.39 is 5.97 Å². The van der Waals surface area contributed by atoms with Crippen LogP contribution in [0.2, 0.25) is 0 Å². The Balaban J connectivity index is 2.99. The molecule has 1 heterocycles. The fourth-order valence-corrected chi connectivity index (χ4v) is 0.848. The minimum Gasteiger partial charge on any atom is -0.461 e.